The highest BCUT2D eigenvalue weighted by atomic mass is 35.5. The third-order valence-electron chi connectivity index (χ3n) is 3.16. The average molecular weight is 352 g/mol. The fourth-order valence-corrected chi connectivity index (χ4v) is 2.36. The van der Waals surface area contributed by atoms with E-state index in [0.29, 0.717) is 5.89 Å². The molecule has 0 saturated carbocycles. The highest BCUT2D eigenvalue weighted by Gasteiger charge is 2.26. The SMILES string of the molecule is Cc1nnc(COC(=O)c2c(-c3c(F)cccc3Cl)noc2C)o1. The topological polar surface area (TPSA) is 91.2 Å². The molecule has 9 heteroatoms. The van der Waals surface area contributed by atoms with Gasteiger partial charge in [-0.2, -0.15) is 0 Å². The summed E-state index contributed by atoms with van der Waals surface area (Å²) in [6.45, 7) is 2.90. The Morgan fingerprint density at radius 2 is 2.12 bits per heavy atom. The van der Waals surface area contributed by atoms with E-state index in [2.05, 4.69) is 15.4 Å². The van der Waals surface area contributed by atoms with Crippen molar-refractivity contribution < 1.29 is 22.9 Å². The van der Waals surface area contributed by atoms with Crippen LogP contribution in [0.1, 0.15) is 27.9 Å². The maximum absolute atomic E-state index is 14.1. The van der Waals surface area contributed by atoms with Gasteiger partial charge in [-0.3, -0.25) is 0 Å². The molecular formula is C15H11ClFN3O4. The lowest BCUT2D eigenvalue weighted by atomic mass is 10.1. The predicted octanol–water partition coefficient (Wildman–Crippen LogP) is 3.49. The van der Waals surface area contributed by atoms with Crippen molar-refractivity contribution in [3.05, 3.63) is 52.1 Å². The molecule has 1 aromatic carbocycles. The van der Waals surface area contributed by atoms with Gasteiger partial charge in [0.2, 0.25) is 5.89 Å². The fourth-order valence-electron chi connectivity index (χ4n) is 2.10. The second-order valence-electron chi connectivity index (χ2n) is 4.85. The van der Waals surface area contributed by atoms with E-state index in [1.54, 1.807) is 6.92 Å². The van der Waals surface area contributed by atoms with Gasteiger partial charge in [0.1, 0.15) is 22.8 Å². The Morgan fingerprint density at radius 3 is 2.79 bits per heavy atom. The van der Waals surface area contributed by atoms with Crippen LogP contribution in [0.25, 0.3) is 11.3 Å². The van der Waals surface area contributed by atoms with Crippen molar-refractivity contribution in [2.24, 2.45) is 0 Å². The minimum atomic E-state index is -0.765. The largest absolute Gasteiger partial charge is 0.452 e. The number of aromatic nitrogens is 3. The zero-order valence-corrected chi connectivity index (χ0v) is 13.4. The van der Waals surface area contributed by atoms with Crippen LogP contribution >= 0.6 is 11.6 Å². The normalized spacial score (nSPS) is 10.8. The summed E-state index contributed by atoms with van der Waals surface area (Å²) in [4.78, 5) is 12.3. The molecule has 0 amide bonds. The summed E-state index contributed by atoms with van der Waals surface area (Å²) in [5, 5.41) is 11.2. The molecule has 3 aromatic rings. The van der Waals surface area contributed by atoms with Gasteiger partial charge in [-0.25, -0.2) is 9.18 Å². The van der Waals surface area contributed by atoms with E-state index in [1.165, 1.54) is 25.1 Å². The molecule has 0 aliphatic rings. The average Bonchev–Trinajstić information content (AvgIpc) is 3.11. The van der Waals surface area contributed by atoms with E-state index >= 15 is 0 Å². The van der Waals surface area contributed by atoms with Gasteiger partial charge in [0.05, 0.1) is 10.6 Å². The lowest BCUT2D eigenvalue weighted by Gasteiger charge is -2.05. The Kier molecular flexibility index (Phi) is 4.30. The third kappa shape index (κ3) is 3.00. The minimum absolute atomic E-state index is 0.0155. The first kappa shape index (κ1) is 16.1. The number of carbonyl (C=O) groups excluding carboxylic acids is 1. The van der Waals surface area contributed by atoms with Crippen LogP contribution in [0.3, 0.4) is 0 Å². The van der Waals surface area contributed by atoms with E-state index in [9.17, 15) is 9.18 Å². The van der Waals surface area contributed by atoms with Gasteiger partial charge >= 0.3 is 5.97 Å². The van der Waals surface area contributed by atoms with Crippen LogP contribution in [0.4, 0.5) is 4.39 Å². The fraction of sp³-hybridized carbons (Fsp3) is 0.200. The van der Waals surface area contributed by atoms with E-state index in [1.807, 2.05) is 0 Å². The molecule has 0 fully saturated rings. The number of esters is 1. The third-order valence-corrected chi connectivity index (χ3v) is 3.48. The van der Waals surface area contributed by atoms with E-state index in [4.69, 9.17) is 25.3 Å². The number of carbonyl (C=O) groups is 1. The first-order chi connectivity index (χ1) is 11.5. The Bertz CT molecular complexity index is 886. The first-order valence-electron chi connectivity index (χ1n) is 6.84. The predicted molar refractivity (Wildman–Crippen MR) is 79.8 cm³/mol. The number of ether oxygens (including phenoxy) is 1. The molecule has 0 spiro atoms. The molecule has 2 aromatic heterocycles. The summed E-state index contributed by atoms with van der Waals surface area (Å²) < 4.78 is 29.3. The van der Waals surface area contributed by atoms with Gasteiger partial charge in [-0.1, -0.05) is 22.8 Å². The number of halogens is 2. The summed E-state index contributed by atoms with van der Waals surface area (Å²) in [7, 11) is 0. The Hall–Kier alpha value is -2.74. The number of hydrogen-bond acceptors (Lipinski definition) is 7. The van der Waals surface area contributed by atoms with Crippen molar-refractivity contribution in [1.29, 1.82) is 0 Å². The molecule has 3 rings (SSSR count). The zero-order valence-electron chi connectivity index (χ0n) is 12.7. The number of benzene rings is 1. The molecule has 0 saturated heterocycles. The molecule has 0 bridgehead atoms. The van der Waals surface area contributed by atoms with Gasteiger partial charge in [0.25, 0.3) is 5.89 Å². The molecule has 24 heavy (non-hydrogen) atoms. The molecule has 0 unspecified atom stereocenters. The molecular weight excluding hydrogens is 341 g/mol. The number of rotatable bonds is 4. The molecule has 0 aliphatic carbocycles. The molecule has 7 nitrogen and oxygen atoms in total. The van der Waals surface area contributed by atoms with Crippen molar-refractivity contribution in [2.75, 3.05) is 0 Å². The van der Waals surface area contributed by atoms with Crippen LogP contribution in [-0.4, -0.2) is 21.3 Å². The monoisotopic (exact) mass is 351 g/mol. The summed E-state index contributed by atoms with van der Waals surface area (Å²) >= 11 is 6.02. The maximum atomic E-state index is 14.1. The Balaban J connectivity index is 1.91. The van der Waals surface area contributed by atoms with Gasteiger partial charge < -0.3 is 13.7 Å². The van der Waals surface area contributed by atoms with Crippen molar-refractivity contribution in [2.45, 2.75) is 20.5 Å². The molecule has 124 valence electrons. The highest BCUT2D eigenvalue weighted by Crippen LogP contribution is 2.33. The second kappa shape index (κ2) is 6.40. The maximum Gasteiger partial charge on any atom is 0.344 e. The lowest BCUT2D eigenvalue weighted by Crippen LogP contribution is -2.08. The minimum Gasteiger partial charge on any atom is -0.452 e. The number of hydrogen-bond donors (Lipinski definition) is 0. The van der Waals surface area contributed by atoms with Crippen molar-refractivity contribution in [1.82, 2.24) is 15.4 Å². The van der Waals surface area contributed by atoms with Crippen molar-refractivity contribution >= 4 is 17.6 Å². The van der Waals surface area contributed by atoms with Gasteiger partial charge in [-0.15, -0.1) is 10.2 Å². The summed E-state index contributed by atoms with van der Waals surface area (Å²) in [5.74, 6) is -0.728. The summed E-state index contributed by atoms with van der Waals surface area (Å²) in [5.41, 5.74) is -0.0721. The standard InChI is InChI=1S/C15H11ClFN3O4/c1-7-12(15(21)22-6-11-19-18-8(2)23-11)14(20-24-7)13-9(16)4-3-5-10(13)17/h3-5H,6H2,1-2H3. The van der Waals surface area contributed by atoms with E-state index in [0.717, 1.165) is 0 Å². The van der Waals surface area contributed by atoms with Crippen LogP contribution in [0.2, 0.25) is 5.02 Å². The molecule has 2 heterocycles. The van der Waals surface area contributed by atoms with Crippen LogP contribution in [0.5, 0.6) is 0 Å². The molecule has 0 atom stereocenters. The van der Waals surface area contributed by atoms with Crippen molar-refractivity contribution in [3.63, 3.8) is 0 Å². The summed E-state index contributed by atoms with van der Waals surface area (Å²) in [6.07, 6.45) is 0. The molecule has 0 aliphatic heterocycles. The first-order valence-corrected chi connectivity index (χ1v) is 7.22. The quantitative estimate of drug-likeness (QED) is 0.664. The number of aryl methyl sites for hydroxylation is 2. The van der Waals surface area contributed by atoms with E-state index in [-0.39, 0.29) is 40.1 Å². The summed E-state index contributed by atoms with van der Waals surface area (Å²) in [6, 6.07) is 4.14. The lowest BCUT2D eigenvalue weighted by molar-refractivity contribution is 0.0435. The van der Waals surface area contributed by atoms with E-state index < -0.39 is 11.8 Å². The van der Waals surface area contributed by atoms with Gasteiger partial charge in [-0.05, 0) is 19.1 Å². The molecule has 0 radical (unpaired) electrons. The Morgan fingerprint density at radius 1 is 1.33 bits per heavy atom. The zero-order chi connectivity index (χ0) is 17.3. The molecule has 0 N–H and O–H groups in total. The Labute approximate surface area is 140 Å². The van der Waals surface area contributed by atoms with Gasteiger partial charge in [0.15, 0.2) is 6.61 Å². The van der Waals surface area contributed by atoms with Crippen LogP contribution < -0.4 is 0 Å². The van der Waals surface area contributed by atoms with Crippen LogP contribution in [0, 0.1) is 19.7 Å². The number of nitrogens with zero attached hydrogens (tertiary/aromatic N) is 3. The highest BCUT2D eigenvalue weighted by molar-refractivity contribution is 6.33. The van der Waals surface area contributed by atoms with Crippen molar-refractivity contribution in [3.8, 4) is 11.3 Å². The van der Waals surface area contributed by atoms with Gasteiger partial charge in [0, 0.05) is 6.92 Å². The second-order valence-corrected chi connectivity index (χ2v) is 5.26. The smallest absolute Gasteiger partial charge is 0.344 e. The van der Waals surface area contributed by atoms with Crippen LogP contribution in [0.15, 0.2) is 27.1 Å². The van der Waals surface area contributed by atoms with Crippen LogP contribution in [-0.2, 0) is 11.3 Å².